The fraction of sp³-hybridized carbons (Fsp3) is 0.667. The number of alkyl halides is 3. The number of aliphatic hydroxyl groups is 1. The van der Waals surface area contributed by atoms with E-state index in [4.69, 9.17) is 4.74 Å². The second kappa shape index (κ2) is 6.37. The van der Waals surface area contributed by atoms with Gasteiger partial charge in [0.25, 0.3) is 5.91 Å². The summed E-state index contributed by atoms with van der Waals surface area (Å²) in [6.07, 6.45) is -0.158. The van der Waals surface area contributed by atoms with E-state index in [-0.39, 0.29) is 29.5 Å². The first-order valence-corrected chi connectivity index (χ1v) is 9.85. The lowest BCUT2D eigenvalue weighted by Gasteiger charge is -2.58. The number of hydrogen-bond acceptors (Lipinski definition) is 3. The minimum absolute atomic E-state index is 0.00582. The Bertz CT molecular complexity index is 760. The van der Waals surface area contributed by atoms with Crippen molar-refractivity contribution < 1.29 is 27.8 Å². The summed E-state index contributed by atoms with van der Waals surface area (Å²) in [5, 5.41) is 13.8. The van der Waals surface area contributed by atoms with Crippen LogP contribution in [0.5, 0.6) is 5.75 Å². The molecule has 0 aliphatic heterocycles. The van der Waals surface area contributed by atoms with E-state index in [0.717, 1.165) is 31.4 Å². The monoisotopic (exact) mass is 397 g/mol. The molecule has 4 fully saturated rings. The molecule has 7 heteroatoms. The van der Waals surface area contributed by atoms with Gasteiger partial charge in [-0.1, -0.05) is 6.07 Å². The molecule has 4 bridgehead atoms. The highest BCUT2D eigenvalue weighted by atomic mass is 19.4. The van der Waals surface area contributed by atoms with Crippen molar-refractivity contribution in [3.8, 4) is 5.75 Å². The SMILES string of the molecule is CC(C)(Oc1cccc(C(F)(F)F)c1)C(=O)N[C@H]1[C@@H]2CC3C[C@H]1C[C@](O)(C3)C2. The molecule has 0 saturated heterocycles. The average molecular weight is 397 g/mol. The van der Waals surface area contributed by atoms with Gasteiger partial charge >= 0.3 is 6.18 Å². The second-order valence-corrected chi connectivity index (χ2v) is 9.33. The lowest BCUT2D eigenvalue weighted by atomic mass is 9.52. The molecule has 0 spiro atoms. The summed E-state index contributed by atoms with van der Waals surface area (Å²) < 4.78 is 44.4. The predicted molar refractivity (Wildman–Crippen MR) is 96.6 cm³/mol. The number of carbonyl (C=O) groups is 1. The van der Waals surface area contributed by atoms with E-state index in [9.17, 15) is 23.1 Å². The maximum atomic E-state index is 12.9. The summed E-state index contributed by atoms with van der Waals surface area (Å²) >= 11 is 0. The van der Waals surface area contributed by atoms with Crippen molar-refractivity contribution in [3.05, 3.63) is 29.8 Å². The van der Waals surface area contributed by atoms with Gasteiger partial charge in [-0.05, 0) is 81.9 Å². The molecule has 1 aromatic rings. The zero-order valence-electron chi connectivity index (χ0n) is 16.1. The van der Waals surface area contributed by atoms with Crippen LogP contribution in [0.2, 0.25) is 0 Å². The molecule has 4 nitrogen and oxygen atoms in total. The van der Waals surface area contributed by atoms with Crippen LogP contribution in [0, 0.1) is 17.8 Å². The largest absolute Gasteiger partial charge is 0.478 e. The van der Waals surface area contributed by atoms with Crippen molar-refractivity contribution in [2.45, 2.75) is 69.4 Å². The zero-order chi connectivity index (χ0) is 20.3. The highest BCUT2D eigenvalue weighted by Crippen LogP contribution is 2.55. The Morgan fingerprint density at radius 3 is 2.39 bits per heavy atom. The molecule has 0 aromatic heterocycles. The van der Waals surface area contributed by atoms with Crippen LogP contribution in [-0.4, -0.2) is 28.3 Å². The highest BCUT2D eigenvalue weighted by Gasteiger charge is 2.55. The Kier molecular flexibility index (Phi) is 4.45. The van der Waals surface area contributed by atoms with Gasteiger partial charge in [-0.15, -0.1) is 0 Å². The minimum atomic E-state index is -4.47. The molecule has 1 amide bonds. The molecule has 1 aromatic carbocycles. The molecule has 4 aliphatic carbocycles. The maximum absolute atomic E-state index is 12.9. The van der Waals surface area contributed by atoms with Crippen LogP contribution in [0.4, 0.5) is 13.2 Å². The summed E-state index contributed by atoms with van der Waals surface area (Å²) in [7, 11) is 0. The number of rotatable bonds is 4. The van der Waals surface area contributed by atoms with Gasteiger partial charge in [-0.25, -0.2) is 0 Å². The fourth-order valence-corrected chi connectivity index (χ4v) is 5.62. The third kappa shape index (κ3) is 3.61. The van der Waals surface area contributed by atoms with Crippen molar-refractivity contribution in [1.82, 2.24) is 5.32 Å². The normalized spacial score (nSPS) is 34.4. The summed E-state index contributed by atoms with van der Waals surface area (Å²) in [5.41, 5.74) is -2.70. The van der Waals surface area contributed by atoms with Gasteiger partial charge in [0.2, 0.25) is 0 Å². The van der Waals surface area contributed by atoms with Crippen molar-refractivity contribution >= 4 is 5.91 Å². The molecule has 2 N–H and O–H groups in total. The standard InChI is InChI=1S/C21H26F3NO3/c1-19(2,28-16-5-3-4-15(8-16)21(22,23)24)18(26)25-17-13-6-12-7-14(17)11-20(27,9-12)10-13/h3-5,8,12-14,17,27H,6-7,9-11H2,1-2H3,(H,25,26)/t12?,13-,14+,17+,20+. The van der Waals surface area contributed by atoms with Crippen LogP contribution in [-0.2, 0) is 11.0 Å². The Balaban J connectivity index is 1.45. The van der Waals surface area contributed by atoms with Gasteiger partial charge in [0.1, 0.15) is 5.75 Å². The fourth-order valence-electron chi connectivity index (χ4n) is 5.62. The maximum Gasteiger partial charge on any atom is 0.416 e. The minimum Gasteiger partial charge on any atom is -0.478 e. The molecule has 0 heterocycles. The number of nitrogens with one attached hydrogen (secondary N) is 1. The zero-order valence-corrected chi connectivity index (χ0v) is 16.1. The Labute approximate surface area is 162 Å². The van der Waals surface area contributed by atoms with Gasteiger partial charge in [0, 0.05) is 6.04 Å². The molecular formula is C21H26F3NO3. The molecule has 5 atom stereocenters. The Morgan fingerprint density at radius 2 is 1.82 bits per heavy atom. The third-order valence-corrected chi connectivity index (χ3v) is 6.62. The van der Waals surface area contributed by atoms with Crippen molar-refractivity contribution in [1.29, 1.82) is 0 Å². The van der Waals surface area contributed by atoms with Crippen LogP contribution in [0.1, 0.15) is 51.5 Å². The van der Waals surface area contributed by atoms with Crippen LogP contribution >= 0.6 is 0 Å². The van der Waals surface area contributed by atoms with E-state index in [0.29, 0.717) is 18.8 Å². The van der Waals surface area contributed by atoms with Crippen molar-refractivity contribution in [2.75, 3.05) is 0 Å². The number of benzene rings is 1. The lowest BCUT2D eigenvalue weighted by Crippen LogP contribution is -2.63. The average Bonchev–Trinajstić information content (AvgIpc) is 2.55. The van der Waals surface area contributed by atoms with Gasteiger partial charge in [0.05, 0.1) is 11.2 Å². The molecule has 4 aliphatic rings. The van der Waals surface area contributed by atoms with Crippen LogP contribution in [0.15, 0.2) is 24.3 Å². The number of halogens is 3. The van der Waals surface area contributed by atoms with Crippen LogP contribution < -0.4 is 10.1 Å². The number of carbonyl (C=O) groups excluding carboxylic acids is 1. The summed E-state index contributed by atoms with van der Waals surface area (Å²) in [4.78, 5) is 12.9. The number of amides is 1. The highest BCUT2D eigenvalue weighted by molar-refractivity contribution is 5.85. The first-order valence-electron chi connectivity index (χ1n) is 9.85. The van der Waals surface area contributed by atoms with Crippen molar-refractivity contribution in [3.63, 3.8) is 0 Å². The lowest BCUT2D eigenvalue weighted by molar-refractivity contribution is -0.152. The molecule has 4 saturated carbocycles. The predicted octanol–water partition coefficient (Wildman–Crippen LogP) is 3.92. The van der Waals surface area contributed by atoms with E-state index < -0.39 is 22.9 Å². The molecule has 1 unspecified atom stereocenters. The number of hydrogen-bond donors (Lipinski definition) is 2. The second-order valence-electron chi connectivity index (χ2n) is 9.33. The van der Waals surface area contributed by atoms with Gasteiger partial charge in [-0.3, -0.25) is 4.79 Å². The summed E-state index contributed by atoms with van der Waals surface area (Å²) in [5.74, 6) is 0.711. The molecule has 28 heavy (non-hydrogen) atoms. The third-order valence-electron chi connectivity index (χ3n) is 6.62. The van der Waals surface area contributed by atoms with E-state index in [1.54, 1.807) is 13.8 Å². The molecular weight excluding hydrogens is 371 g/mol. The Hall–Kier alpha value is -1.76. The van der Waals surface area contributed by atoms with Gasteiger partial charge < -0.3 is 15.2 Å². The van der Waals surface area contributed by atoms with Gasteiger partial charge in [-0.2, -0.15) is 13.2 Å². The summed E-state index contributed by atoms with van der Waals surface area (Å²) in [6, 6.07) is 4.56. The molecule has 0 radical (unpaired) electrons. The smallest absolute Gasteiger partial charge is 0.416 e. The quantitative estimate of drug-likeness (QED) is 0.810. The Morgan fingerprint density at radius 1 is 1.18 bits per heavy atom. The van der Waals surface area contributed by atoms with Crippen molar-refractivity contribution in [2.24, 2.45) is 17.8 Å². The summed E-state index contributed by atoms with van der Waals surface area (Å²) in [6.45, 7) is 3.12. The van der Waals surface area contributed by atoms with E-state index in [1.807, 2.05) is 0 Å². The van der Waals surface area contributed by atoms with E-state index in [2.05, 4.69) is 5.32 Å². The topological polar surface area (TPSA) is 58.6 Å². The van der Waals surface area contributed by atoms with Crippen LogP contribution in [0.25, 0.3) is 0 Å². The van der Waals surface area contributed by atoms with Gasteiger partial charge in [0.15, 0.2) is 5.60 Å². The van der Waals surface area contributed by atoms with Crippen LogP contribution in [0.3, 0.4) is 0 Å². The first-order chi connectivity index (χ1) is 13.0. The molecule has 5 rings (SSSR count). The van der Waals surface area contributed by atoms with E-state index >= 15 is 0 Å². The molecule has 154 valence electrons. The first kappa shape index (κ1) is 19.6. The van der Waals surface area contributed by atoms with E-state index in [1.165, 1.54) is 12.1 Å². The number of ether oxygens (including phenoxy) is 1.